The molecule has 0 bridgehead atoms. The lowest BCUT2D eigenvalue weighted by Gasteiger charge is -2.12. The number of ether oxygens (including phenoxy) is 1. The van der Waals surface area contributed by atoms with Crippen molar-refractivity contribution >= 4 is 6.29 Å². The highest BCUT2D eigenvalue weighted by molar-refractivity contribution is 5.80. The molecule has 0 aromatic heterocycles. The molecule has 0 atom stereocenters. The Morgan fingerprint density at radius 3 is 2.47 bits per heavy atom. The maximum Gasteiger partial charge on any atom is 0.153 e. The van der Waals surface area contributed by atoms with E-state index in [1.165, 1.54) is 11.1 Å². The van der Waals surface area contributed by atoms with Gasteiger partial charge in [0.1, 0.15) is 12.4 Å². The molecular weight excluding hydrogens is 236 g/mol. The number of para-hydroxylation sites is 1. The van der Waals surface area contributed by atoms with Gasteiger partial charge in [-0.2, -0.15) is 0 Å². The van der Waals surface area contributed by atoms with E-state index < -0.39 is 0 Å². The molecule has 2 aromatic carbocycles. The van der Waals surface area contributed by atoms with Crippen molar-refractivity contribution in [2.75, 3.05) is 0 Å². The Morgan fingerprint density at radius 2 is 1.79 bits per heavy atom. The van der Waals surface area contributed by atoms with Gasteiger partial charge in [-0.15, -0.1) is 0 Å². The second kappa shape index (κ2) is 5.70. The molecule has 0 unspecified atom stereocenters. The summed E-state index contributed by atoms with van der Waals surface area (Å²) in [5.74, 6) is 0.677. The van der Waals surface area contributed by atoms with E-state index in [-0.39, 0.29) is 0 Å². The van der Waals surface area contributed by atoms with Gasteiger partial charge in [0.25, 0.3) is 0 Å². The van der Waals surface area contributed by atoms with Crippen molar-refractivity contribution in [3.8, 4) is 5.75 Å². The summed E-state index contributed by atoms with van der Waals surface area (Å²) in [6.45, 7) is 6.60. The summed E-state index contributed by atoms with van der Waals surface area (Å²) in [5.41, 5.74) is 5.22. The van der Waals surface area contributed by atoms with Gasteiger partial charge in [-0.3, -0.25) is 4.79 Å². The van der Waals surface area contributed by atoms with Crippen molar-refractivity contribution in [3.05, 3.63) is 64.2 Å². The first-order chi connectivity index (χ1) is 9.11. The molecule has 0 saturated carbocycles. The maximum atomic E-state index is 11.0. The number of rotatable bonds is 4. The molecular formula is C17H18O2. The van der Waals surface area contributed by atoms with E-state index in [0.29, 0.717) is 17.9 Å². The highest BCUT2D eigenvalue weighted by Gasteiger charge is 2.06. The molecule has 98 valence electrons. The Hall–Kier alpha value is -2.09. The highest BCUT2D eigenvalue weighted by atomic mass is 16.5. The van der Waals surface area contributed by atoms with E-state index in [0.717, 1.165) is 17.4 Å². The summed E-state index contributed by atoms with van der Waals surface area (Å²) in [6, 6.07) is 11.8. The minimum absolute atomic E-state index is 0.479. The van der Waals surface area contributed by atoms with E-state index in [4.69, 9.17) is 4.74 Å². The van der Waals surface area contributed by atoms with Crippen LogP contribution in [0.25, 0.3) is 0 Å². The van der Waals surface area contributed by atoms with Crippen LogP contribution < -0.4 is 4.74 Å². The summed E-state index contributed by atoms with van der Waals surface area (Å²) < 4.78 is 5.81. The van der Waals surface area contributed by atoms with Crippen molar-refractivity contribution in [1.82, 2.24) is 0 Å². The number of hydrogen-bond acceptors (Lipinski definition) is 2. The third kappa shape index (κ3) is 3.02. The fourth-order valence-corrected chi connectivity index (χ4v) is 2.01. The van der Waals surface area contributed by atoms with Crippen LogP contribution in [0.1, 0.15) is 32.6 Å². The lowest BCUT2D eigenvalue weighted by atomic mass is 10.1. The molecule has 2 aromatic rings. The average Bonchev–Trinajstić information content (AvgIpc) is 2.41. The Kier molecular flexibility index (Phi) is 4.00. The van der Waals surface area contributed by atoms with Gasteiger partial charge in [-0.05, 0) is 49.1 Å². The summed E-state index contributed by atoms with van der Waals surface area (Å²) in [5, 5.41) is 0. The minimum atomic E-state index is 0.479. The van der Waals surface area contributed by atoms with Crippen molar-refractivity contribution in [3.63, 3.8) is 0 Å². The van der Waals surface area contributed by atoms with Gasteiger partial charge < -0.3 is 4.74 Å². The van der Waals surface area contributed by atoms with Gasteiger partial charge in [-0.1, -0.05) is 30.3 Å². The first kappa shape index (κ1) is 13.3. The Morgan fingerprint density at radius 1 is 1.00 bits per heavy atom. The molecule has 2 rings (SSSR count). The Balaban J connectivity index is 2.18. The molecule has 2 heteroatoms. The monoisotopic (exact) mass is 254 g/mol. The van der Waals surface area contributed by atoms with Gasteiger partial charge in [0.15, 0.2) is 6.29 Å². The van der Waals surface area contributed by atoms with E-state index in [1.54, 1.807) is 6.07 Å². The van der Waals surface area contributed by atoms with Crippen molar-refractivity contribution < 1.29 is 9.53 Å². The number of carbonyl (C=O) groups excluding carboxylic acids is 1. The second-order valence-corrected chi connectivity index (χ2v) is 4.82. The number of aryl methyl sites for hydroxylation is 3. The zero-order valence-electron chi connectivity index (χ0n) is 11.6. The standard InChI is InChI=1S/C17H18O2/c1-12-7-8-15(9-14(12)3)11-19-17-13(2)5-4-6-16(17)10-18/h4-10H,11H2,1-3H3. The molecule has 19 heavy (non-hydrogen) atoms. The van der Waals surface area contributed by atoms with E-state index in [1.807, 2.05) is 19.1 Å². The third-order valence-electron chi connectivity index (χ3n) is 3.32. The molecule has 0 aliphatic carbocycles. The summed E-state index contributed by atoms with van der Waals surface area (Å²) >= 11 is 0. The Labute approximate surface area is 114 Å². The highest BCUT2D eigenvalue weighted by Crippen LogP contribution is 2.23. The van der Waals surface area contributed by atoms with Crippen LogP contribution >= 0.6 is 0 Å². The SMILES string of the molecule is Cc1ccc(COc2c(C)cccc2C=O)cc1C. The predicted molar refractivity (Wildman–Crippen MR) is 76.8 cm³/mol. The van der Waals surface area contributed by atoms with E-state index >= 15 is 0 Å². The van der Waals surface area contributed by atoms with Crippen molar-refractivity contribution in [2.45, 2.75) is 27.4 Å². The quantitative estimate of drug-likeness (QED) is 0.771. The van der Waals surface area contributed by atoms with Gasteiger partial charge in [0.2, 0.25) is 0 Å². The summed E-state index contributed by atoms with van der Waals surface area (Å²) in [6.07, 6.45) is 0.836. The average molecular weight is 254 g/mol. The van der Waals surface area contributed by atoms with Crippen molar-refractivity contribution in [1.29, 1.82) is 0 Å². The van der Waals surface area contributed by atoms with Crippen LogP contribution in [0, 0.1) is 20.8 Å². The van der Waals surface area contributed by atoms with Crippen LogP contribution in [0.15, 0.2) is 36.4 Å². The van der Waals surface area contributed by atoms with Crippen LogP contribution in [0.2, 0.25) is 0 Å². The second-order valence-electron chi connectivity index (χ2n) is 4.82. The van der Waals surface area contributed by atoms with Gasteiger partial charge in [0, 0.05) is 0 Å². The lowest BCUT2D eigenvalue weighted by molar-refractivity contribution is 0.111. The molecule has 0 amide bonds. The number of benzene rings is 2. The first-order valence-corrected chi connectivity index (χ1v) is 6.35. The minimum Gasteiger partial charge on any atom is -0.488 e. The molecule has 0 spiro atoms. The fraction of sp³-hybridized carbons (Fsp3) is 0.235. The number of hydrogen-bond donors (Lipinski definition) is 0. The van der Waals surface area contributed by atoms with E-state index in [9.17, 15) is 4.79 Å². The molecule has 0 aliphatic heterocycles. The third-order valence-corrected chi connectivity index (χ3v) is 3.32. The van der Waals surface area contributed by atoms with Gasteiger partial charge in [0.05, 0.1) is 5.56 Å². The number of carbonyl (C=O) groups is 1. The molecule has 0 aliphatic rings. The molecule has 2 nitrogen and oxygen atoms in total. The molecule has 0 heterocycles. The maximum absolute atomic E-state index is 11.0. The topological polar surface area (TPSA) is 26.3 Å². The largest absolute Gasteiger partial charge is 0.488 e. The predicted octanol–water partition coefficient (Wildman–Crippen LogP) is 4.00. The first-order valence-electron chi connectivity index (χ1n) is 6.35. The molecule has 0 fully saturated rings. The zero-order chi connectivity index (χ0) is 13.8. The van der Waals surface area contributed by atoms with E-state index in [2.05, 4.69) is 32.0 Å². The summed E-state index contributed by atoms with van der Waals surface area (Å²) in [7, 11) is 0. The van der Waals surface area contributed by atoms with Crippen LogP contribution in [-0.4, -0.2) is 6.29 Å². The summed E-state index contributed by atoms with van der Waals surface area (Å²) in [4.78, 5) is 11.0. The smallest absolute Gasteiger partial charge is 0.153 e. The van der Waals surface area contributed by atoms with Crippen LogP contribution in [-0.2, 0) is 6.61 Å². The van der Waals surface area contributed by atoms with Crippen LogP contribution in [0.5, 0.6) is 5.75 Å². The fourth-order valence-electron chi connectivity index (χ4n) is 2.01. The van der Waals surface area contributed by atoms with Crippen LogP contribution in [0.3, 0.4) is 0 Å². The van der Waals surface area contributed by atoms with Gasteiger partial charge in [-0.25, -0.2) is 0 Å². The van der Waals surface area contributed by atoms with Gasteiger partial charge >= 0.3 is 0 Å². The van der Waals surface area contributed by atoms with Crippen molar-refractivity contribution in [2.24, 2.45) is 0 Å². The molecule has 0 radical (unpaired) electrons. The molecule has 0 N–H and O–H groups in total. The normalized spacial score (nSPS) is 10.3. The lowest BCUT2D eigenvalue weighted by Crippen LogP contribution is -2.00. The Bertz CT molecular complexity index is 600. The zero-order valence-corrected chi connectivity index (χ0v) is 11.6. The van der Waals surface area contributed by atoms with Crippen LogP contribution in [0.4, 0.5) is 0 Å². The number of aldehydes is 1. The molecule has 0 saturated heterocycles.